The molecule has 0 fully saturated rings. The Morgan fingerprint density at radius 3 is 2.43 bits per heavy atom. The fourth-order valence-corrected chi connectivity index (χ4v) is 1.82. The molecule has 1 aromatic heterocycles. The maximum absolute atomic E-state index is 10.5. The molecular weight excluding hydrogens is 257 g/mol. The molecule has 0 aromatic carbocycles. The first-order chi connectivity index (χ1) is 5.89. The smallest absolute Gasteiger partial charge is 0.742 e. The minimum Gasteiger partial charge on any atom is -0.742 e. The molecule has 0 aliphatic rings. The zero-order valence-corrected chi connectivity index (χ0v) is 12.1. The van der Waals surface area contributed by atoms with Gasteiger partial charge in [-0.25, -0.2) is 8.42 Å². The van der Waals surface area contributed by atoms with Crippen molar-refractivity contribution in [1.82, 2.24) is 10.2 Å². The van der Waals surface area contributed by atoms with Crippen LogP contribution in [0.4, 0.5) is 5.13 Å². The van der Waals surface area contributed by atoms with Crippen LogP contribution in [0, 0.1) is 0 Å². The molecule has 10 heteroatoms. The van der Waals surface area contributed by atoms with E-state index in [1.54, 1.807) is 0 Å². The van der Waals surface area contributed by atoms with Crippen molar-refractivity contribution in [3.63, 3.8) is 0 Å². The molecule has 1 aromatic rings. The van der Waals surface area contributed by atoms with Gasteiger partial charge in [-0.1, -0.05) is 11.3 Å². The van der Waals surface area contributed by atoms with Crippen LogP contribution in [-0.2, 0) is 14.9 Å². The van der Waals surface area contributed by atoms with Gasteiger partial charge in [-0.05, 0) is 0 Å². The molecule has 7 nitrogen and oxygen atoms in total. The van der Waals surface area contributed by atoms with Crippen LogP contribution in [0.25, 0.3) is 0 Å². The van der Waals surface area contributed by atoms with Gasteiger partial charge in [0.1, 0.15) is 0 Å². The van der Waals surface area contributed by atoms with Gasteiger partial charge in [0.15, 0.2) is 10.1 Å². The standard InChI is InChI=1S/C4H5N3O4S2.K/c1-2(8)5-3-6-7-4(12-3)13(9,10)11;/h1H3,(H,5,6,8)(H,9,10,11);/q;+1/p-1. The molecule has 0 saturated heterocycles. The fourth-order valence-electron chi connectivity index (χ4n) is 0.512. The topological polar surface area (TPSA) is 112 Å². The van der Waals surface area contributed by atoms with E-state index < -0.39 is 20.4 Å². The van der Waals surface area contributed by atoms with Gasteiger partial charge in [0.25, 0.3) is 0 Å². The molecule has 0 aliphatic carbocycles. The van der Waals surface area contributed by atoms with Gasteiger partial charge in [-0.2, -0.15) is 0 Å². The Balaban J connectivity index is 0.00000169. The number of aromatic nitrogens is 2. The van der Waals surface area contributed by atoms with Crippen molar-refractivity contribution in [2.75, 3.05) is 5.32 Å². The van der Waals surface area contributed by atoms with Gasteiger partial charge >= 0.3 is 51.4 Å². The molecule has 0 spiro atoms. The molecule has 14 heavy (non-hydrogen) atoms. The third-order valence-electron chi connectivity index (χ3n) is 0.903. The Bertz CT molecular complexity index is 428. The summed E-state index contributed by atoms with van der Waals surface area (Å²) >= 11 is 0.514. The average molecular weight is 261 g/mol. The Morgan fingerprint density at radius 1 is 1.50 bits per heavy atom. The van der Waals surface area contributed by atoms with E-state index in [4.69, 9.17) is 0 Å². The van der Waals surface area contributed by atoms with Crippen LogP contribution < -0.4 is 56.7 Å². The Labute approximate surface area is 126 Å². The first kappa shape index (κ1) is 14.6. The molecule has 72 valence electrons. The molecule has 0 atom stereocenters. The normalized spacial score (nSPS) is 10.4. The number of carbonyl (C=O) groups is 1. The molecular formula is C4H4KN3O4S2. The summed E-state index contributed by atoms with van der Waals surface area (Å²) in [6.07, 6.45) is 0. The van der Waals surface area contributed by atoms with E-state index in [0.29, 0.717) is 11.3 Å². The number of amides is 1. The maximum atomic E-state index is 10.5. The van der Waals surface area contributed by atoms with Crippen molar-refractivity contribution in [3.8, 4) is 0 Å². The second-order valence-electron chi connectivity index (χ2n) is 2.01. The summed E-state index contributed by atoms with van der Waals surface area (Å²) in [5.74, 6) is -0.411. The summed E-state index contributed by atoms with van der Waals surface area (Å²) in [7, 11) is -4.57. The SMILES string of the molecule is CC(=O)Nc1nnc(S(=O)(=O)[O-])s1.[K+]. The van der Waals surface area contributed by atoms with E-state index in [1.807, 2.05) is 0 Å². The number of rotatable bonds is 2. The third kappa shape index (κ3) is 4.40. The zero-order valence-electron chi connectivity index (χ0n) is 7.34. The van der Waals surface area contributed by atoms with Gasteiger partial charge in [0, 0.05) is 6.92 Å². The Morgan fingerprint density at radius 2 is 2.07 bits per heavy atom. The number of nitrogens with one attached hydrogen (secondary N) is 1. The summed E-state index contributed by atoms with van der Waals surface area (Å²) in [4.78, 5) is 10.5. The van der Waals surface area contributed by atoms with Gasteiger partial charge in [0.2, 0.25) is 15.4 Å². The predicted octanol–water partition coefficient (Wildman–Crippen LogP) is -3.60. The molecule has 0 bridgehead atoms. The van der Waals surface area contributed by atoms with E-state index >= 15 is 0 Å². The van der Waals surface area contributed by atoms with Gasteiger partial charge in [-0.15, -0.1) is 10.2 Å². The first-order valence-electron chi connectivity index (χ1n) is 2.96. The van der Waals surface area contributed by atoms with Crippen LogP contribution in [0.1, 0.15) is 6.92 Å². The molecule has 1 amide bonds. The molecule has 0 radical (unpaired) electrons. The molecule has 0 aliphatic heterocycles. The fraction of sp³-hybridized carbons (Fsp3) is 0.250. The molecule has 1 rings (SSSR count). The number of nitrogens with zero attached hydrogens (tertiary/aromatic N) is 2. The zero-order chi connectivity index (χ0) is 10.1. The largest absolute Gasteiger partial charge is 1.00 e. The molecule has 0 saturated carbocycles. The first-order valence-corrected chi connectivity index (χ1v) is 5.19. The van der Waals surface area contributed by atoms with Crippen LogP contribution in [0.15, 0.2) is 4.34 Å². The van der Waals surface area contributed by atoms with Gasteiger partial charge in [0.05, 0.1) is 0 Å². The van der Waals surface area contributed by atoms with Crippen LogP contribution in [0.5, 0.6) is 0 Å². The molecule has 1 N–H and O–H groups in total. The summed E-state index contributed by atoms with van der Waals surface area (Å²) in [5, 5.41) is 8.56. The van der Waals surface area contributed by atoms with Crippen molar-refractivity contribution in [3.05, 3.63) is 0 Å². The van der Waals surface area contributed by atoms with Crippen molar-refractivity contribution in [2.24, 2.45) is 0 Å². The third-order valence-corrected chi connectivity index (χ3v) is 2.91. The number of carbonyl (C=O) groups excluding carboxylic acids is 1. The van der Waals surface area contributed by atoms with Crippen molar-refractivity contribution < 1.29 is 69.1 Å². The van der Waals surface area contributed by atoms with E-state index in [-0.39, 0.29) is 56.5 Å². The second-order valence-corrected chi connectivity index (χ2v) is 4.54. The molecule has 1 heterocycles. The van der Waals surface area contributed by atoms with Crippen LogP contribution in [0.3, 0.4) is 0 Å². The van der Waals surface area contributed by atoms with Crippen LogP contribution in [0.2, 0.25) is 0 Å². The Kier molecular flexibility index (Phi) is 5.83. The Hall–Kier alpha value is 0.576. The summed E-state index contributed by atoms with van der Waals surface area (Å²) in [6, 6.07) is 0. The van der Waals surface area contributed by atoms with E-state index in [0.717, 1.165) is 0 Å². The quantitative estimate of drug-likeness (QED) is 0.334. The van der Waals surface area contributed by atoms with E-state index in [1.165, 1.54) is 6.92 Å². The van der Waals surface area contributed by atoms with Gasteiger partial charge < -0.3 is 9.87 Å². The summed E-state index contributed by atoms with van der Waals surface area (Å²) in [5.41, 5.74) is 0. The second kappa shape index (κ2) is 5.60. The van der Waals surface area contributed by atoms with E-state index in [2.05, 4.69) is 15.5 Å². The van der Waals surface area contributed by atoms with Crippen LogP contribution >= 0.6 is 11.3 Å². The summed E-state index contributed by atoms with van der Waals surface area (Å²) in [6.45, 7) is 1.23. The number of hydrogen-bond acceptors (Lipinski definition) is 7. The van der Waals surface area contributed by atoms with Crippen molar-refractivity contribution in [2.45, 2.75) is 11.3 Å². The monoisotopic (exact) mass is 261 g/mol. The van der Waals surface area contributed by atoms with Gasteiger partial charge in [-0.3, -0.25) is 4.79 Å². The van der Waals surface area contributed by atoms with Crippen molar-refractivity contribution in [1.29, 1.82) is 0 Å². The predicted molar refractivity (Wildman–Crippen MR) is 42.2 cm³/mol. The minimum absolute atomic E-state index is 0. The van der Waals surface area contributed by atoms with E-state index in [9.17, 15) is 17.8 Å². The number of hydrogen-bond donors (Lipinski definition) is 1. The van der Waals surface area contributed by atoms with Crippen molar-refractivity contribution >= 4 is 32.5 Å². The molecule has 0 unspecified atom stereocenters. The average Bonchev–Trinajstić information content (AvgIpc) is 2.32. The maximum Gasteiger partial charge on any atom is 1.00 e. The number of anilines is 1. The summed E-state index contributed by atoms with van der Waals surface area (Å²) < 4.78 is 30.5. The minimum atomic E-state index is -4.57. The van der Waals surface area contributed by atoms with Crippen LogP contribution in [-0.4, -0.2) is 29.1 Å².